The fourth-order valence-electron chi connectivity index (χ4n) is 0.914. The number of nitrogens with two attached hydrogens (primary N) is 1. The van der Waals surface area contributed by atoms with Crippen LogP contribution in [0.1, 0.15) is 12.5 Å². The summed E-state index contributed by atoms with van der Waals surface area (Å²) in [5.74, 6) is -1.82. The van der Waals surface area contributed by atoms with Crippen molar-refractivity contribution in [2.75, 3.05) is 0 Å². The first-order valence-electron chi connectivity index (χ1n) is 3.71. The zero-order valence-electron chi connectivity index (χ0n) is 8.08. The van der Waals surface area contributed by atoms with Crippen LogP contribution < -0.4 is 62.2 Å². The van der Waals surface area contributed by atoms with Gasteiger partial charge in [0.15, 0.2) is 0 Å². The zero-order valence-corrected chi connectivity index (χ0v) is 11.2. The Labute approximate surface area is 124 Å². The van der Waals surface area contributed by atoms with Gasteiger partial charge in [0.25, 0.3) is 0 Å². The second-order valence-electron chi connectivity index (χ2n) is 3.00. The molecule has 0 aliphatic heterocycles. The third-order valence-electron chi connectivity index (χ3n) is 1.87. The number of carbonyl (C=O) groups excluding carboxylic acids is 1. The van der Waals surface area contributed by atoms with Crippen molar-refractivity contribution in [3.63, 3.8) is 0 Å². The average molecular weight is 221 g/mol. The van der Waals surface area contributed by atoms with Crippen LogP contribution in [-0.2, 0) is 10.3 Å². The maximum Gasteiger partial charge on any atom is 1.00 e. The van der Waals surface area contributed by atoms with Crippen LogP contribution in [0.4, 0.5) is 4.39 Å². The Morgan fingerprint density at radius 3 is 2.21 bits per heavy atom. The van der Waals surface area contributed by atoms with E-state index < -0.39 is 17.3 Å². The van der Waals surface area contributed by atoms with Gasteiger partial charge >= 0.3 is 51.4 Å². The summed E-state index contributed by atoms with van der Waals surface area (Å²) in [6.45, 7) is 1.30. The molecule has 0 saturated heterocycles. The first kappa shape index (κ1) is 14.2. The number of halogens is 1. The van der Waals surface area contributed by atoms with E-state index in [4.69, 9.17) is 5.73 Å². The number of benzene rings is 1. The van der Waals surface area contributed by atoms with Gasteiger partial charge in [0.2, 0.25) is 0 Å². The molecular formula is C9H9FKNO2. The Kier molecular flexibility index (Phi) is 5.42. The summed E-state index contributed by atoms with van der Waals surface area (Å²) in [7, 11) is 0. The molecule has 14 heavy (non-hydrogen) atoms. The van der Waals surface area contributed by atoms with Crippen LogP contribution in [0.15, 0.2) is 24.3 Å². The van der Waals surface area contributed by atoms with Gasteiger partial charge in [-0.25, -0.2) is 4.39 Å². The van der Waals surface area contributed by atoms with Crippen molar-refractivity contribution >= 4 is 5.97 Å². The molecule has 3 nitrogen and oxygen atoms in total. The van der Waals surface area contributed by atoms with E-state index >= 15 is 0 Å². The maximum absolute atomic E-state index is 12.5. The predicted octanol–water partition coefficient (Wildman–Crippen LogP) is -3.25. The number of carbonyl (C=O) groups is 1. The molecule has 1 aromatic rings. The third kappa shape index (κ3) is 3.11. The number of aliphatic carboxylic acids is 1. The van der Waals surface area contributed by atoms with Crippen LogP contribution in [0.3, 0.4) is 0 Å². The monoisotopic (exact) mass is 221 g/mol. The quantitative estimate of drug-likeness (QED) is 0.534. The zero-order chi connectivity index (χ0) is 10.1. The average Bonchev–Trinajstić information content (AvgIpc) is 2.04. The van der Waals surface area contributed by atoms with Crippen molar-refractivity contribution in [1.29, 1.82) is 0 Å². The van der Waals surface area contributed by atoms with E-state index in [-0.39, 0.29) is 51.4 Å². The van der Waals surface area contributed by atoms with E-state index in [1.807, 2.05) is 0 Å². The minimum atomic E-state index is -1.58. The third-order valence-corrected chi connectivity index (χ3v) is 1.87. The molecule has 1 atom stereocenters. The standard InChI is InChI=1S/C9H10FNO2.K/c1-9(11,8(12)13)6-2-4-7(10)5-3-6;/h2-5H,11H2,1H3,(H,12,13);/q;+1/p-1/t9-;/m1./s1. The topological polar surface area (TPSA) is 66.2 Å². The van der Waals surface area contributed by atoms with Gasteiger partial charge in [0.1, 0.15) is 5.82 Å². The minimum Gasteiger partial charge on any atom is -0.548 e. The molecule has 1 rings (SSSR count). The van der Waals surface area contributed by atoms with Crippen LogP contribution >= 0.6 is 0 Å². The van der Waals surface area contributed by atoms with Crippen molar-refractivity contribution < 1.29 is 65.7 Å². The summed E-state index contributed by atoms with van der Waals surface area (Å²) in [5.41, 5.74) is 4.18. The predicted molar refractivity (Wildman–Crippen MR) is 42.9 cm³/mol. The molecule has 0 aliphatic rings. The van der Waals surface area contributed by atoms with Crippen molar-refractivity contribution in [3.8, 4) is 0 Å². The van der Waals surface area contributed by atoms with Crippen LogP contribution in [0.5, 0.6) is 0 Å². The summed E-state index contributed by atoms with van der Waals surface area (Å²) < 4.78 is 12.5. The van der Waals surface area contributed by atoms with Crippen LogP contribution in [0.25, 0.3) is 0 Å². The molecule has 0 radical (unpaired) electrons. The first-order chi connectivity index (χ1) is 5.94. The van der Waals surface area contributed by atoms with E-state index in [1.165, 1.54) is 19.1 Å². The summed E-state index contributed by atoms with van der Waals surface area (Å²) in [4.78, 5) is 10.6. The largest absolute Gasteiger partial charge is 1.00 e. The molecule has 0 aliphatic carbocycles. The molecule has 0 spiro atoms. The Balaban J connectivity index is 0.00000169. The smallest absolute Gasteiger partial charge is 0.548 e. The van der Waals surface area contributed by atoms with Gasteiger partial charge < -0.3 is 15.6 Å². The molecule has 0 unspecified atom stereocenters. The number of carboxylic acids is 1. The van der Waals surface area contributed by atoms with E-state index in [0.717, 1.165) is 12.1 Å². The van der Waals surface area contributed by atoms with Gasteiger partial charge in [0.05, 0.1) is 11.5 Å². The number of hydrogen-bond donors (Lipinski definition) is 1. The van der Waals surface area contributed by atoms with Gasteiger partial charge in [-0.05, 0) is 24.6 Å². The molecule has 5 heteroatoms. The SMILES string of the molecule is C[C@](N)(C(=O)[O-])c1ccc(F)cc1.[K+]. The summed E-state index contributed by atoms with van der Waals surface area (Å²) in [5, 5.41) is 10.6. The molecule has 1 aromatic carbocycles. The van der Waals surface area contributed by atoms with Crippen LogP contribution in [-0.4, -0.2) is 5.97 Å². The second-order valence-corrected chi connectivity index (χ2v) is 3.00. The van der Waals surface area contributed by atoms with E-state index in [1.54, 1.807) is 0 Å². The summed E-state index contributed by atoms with van der Waals surface area (Å²) in [6, 6.07) is 4.96. The molecule has 0 aromatic heterocycles. The molecule has 0 heterocycles. The molecule has 2 N–H and O–H groups in total. The van der Waals surface area contributed by atoms with Crippen molar-refractivity contribution in [2.45, 2.75) is 12.5 Å². The Morgan fingerprint density at radius 1 is 1.43 bits per heavy atom. The molecule has 70 valence electrons. The van der Waals surface area contributed by atoms with E-state index in [0.29, 0.717) is 5.56 Å². The fraction of sp³-hybridized carbons (Fsp3) is 0.222. The molecule has 0 bridgehead atoms. The second kappa shape index (κ2) is 5.34. The minimum absolute atomic E-state index is 0. The Hall–Kier alpha value is 0.216. The summed E-state index contributed by atoms with van der Waals surface area (Å²) in [6.07, 6.45) is 0. The normalized spacial score (nSPS) is 13.9. The van der Waals surface area contributed by atoms with Crippen LogP contribution in [0.2, 0.25) is 0 Å². The van der Waals surface area contributed by atoms with Gasteiger partial charge in [-0.2, -0.15) is 0 Å². The summed E-state index contributed by atoms with van der Waals surface area (Å²) >= 11 is 0. The number of rotatable bonds is 2. The van der Waals surface area contributed by atoms with Crippen molar-refractivity contribution in [2.24, 2.45) is 5.73 Å². The van der Waals surface area contributed by atoms with Gasteiger partial charge in [-0.1, -0.05) is 12.1 Å². The Morgan fingerprint density at radius 2 is 1.86 bits per heavy atom. The number of hydrogen-bond acceptors (Lipinski definition) is 3. The molecule has 0 saturated carbocycles. The fourth-order valence-corrected chi connectivity index (χ4v) is 0.914. The first-order valence-corrected chi connectivity index (χ1v) is 3.71. The van der Waals surface area contributed by atoms with Crippen molar-refractivity contribution in [3.05, 3.63) is 35.6 Å². The van der Waals surface area contributed by atoms with E-state index in [9.17, 15) is 14.3 Å². The number of carboxylic acid groups (broad SMARTS) is 1. The Bertz CT molecular complexity index is 324. The molecule has 0 amide bonds. The van der Waals surface area contributed by atoms with Gasteiger partial charge in [-0.15, -0.1) is 0 Å². The van der Waals surface area contributed by atoms with Gasteiger partial charge in [0, 0.05) is 0 Å². The van der Waals surface area contributed by atoms with E-state index in [2.05, 4.69) is 0 Å². The van der Waals surface area contributed by atoms with Crippen molar-refractivity contribution in [1.82, 2.24) is 0 Å². The maximum atomic E-state index is 12.5. The molecular weight excluding hydrogens is 212 g/mol. The molecule has 0 fully saturated rings. The van der Waals surface area contributed by atoms with Crippen LogP contribution in [0, 0.1) is 5.82 Å². The van der Waals surface area contributed by atoms with Gasteiger partial charge in [-0.3, -0.25) is 0 Å².